The Morgan fingerprint density at radius 2 is 2.00 bits per heavy atom. The SMILES string of the molecule is COC=CC(=O)OCCCCCCO. The van der Waals surface area contributed by atoms with E-state index >= 15 is 0 Å². The third-order valence-corrected chi connectivity index (χ3v) is 1.64. The molecule has 0 aliphatic rings. The highest BCUT2D eigenvalue weighted by Crippen LogP contribution is 1.99. The second-order valence-corrected chi connectivity index (χ2v) is 2.84. The normalized spacial score (nSPS) is 10.4. The minimum Gasteiger partial charge on any atom is -0.504 e. The van der Waals surface area contributed by atoms with Crippen LogP contribution >= 0.6 is 0 Å². The Morgan fingerprint density at radius 1 is 1.29 bits per heavy atom. The van der Waals surface area contributed by atoms with E-state index in [1.54, 1.807) is 0 Å². The maximum absolute atomic E-state index is 10.9. The van der Waals surface area contributed by atoms with Crippen molar-refractivity contribution in [3.05, 3.63) is 12.3 Å². The number of aliphatic hydroxyl groups is 1. The smallest absolute Gasteiger partial charge is 0.333 e. The molecule has 0 atom stereocenters. The van der Waals surface area contributed by atoms with Crippen LogP contribution in [0.3, 0.4) is 0 Å². The number of aliphatic hydroxyl groups excluding tert-OH is 1. The van der Waals surface area contributed by atoms with Gasteiger partial charge in [0.25, 0.3) is 0 Å². The minimum atomic E-state index is -0.381. The molecule has 0 aromatic rings. The fourth-order valence-corrected chi connectivity index (χ4v) is 0.912. The molecule has 0 aromatic carbocycles. The van der Waals surface area contributed by atoms with E-state index in [0.717, 1.165) is 25.7 Å². The standard InChI is InChI=1S/C10H18O4/c1-13-9-6-10(12)14-8-5-3-2-4-7-11/h6,9,11H,2-5,7-8H2,1H3. The van der Waals surface area contributed by atoms with Crippen molar-refractivity contribution in [1.82, 2.24) is 0 Å². The molecule has 0 radical (unpaired) electrons. The van der Waals surface area contributed by atoms with E-state index in [1.807, 2.05) is 0 Å². The van der Waals surface area contributed by atoms with E-state index in [0.29, 0.717) is 6.61 Å². The molecule has 0 heterocycles. The Kier molecular flexibility index (Phi) is 9.31. The molecule has 82 valence electrons. The number of carbonyl (C=O) groups is 1. The summed E-state index contributed by atoms with van der Waals surface area (Å²) in [5.74, 6) is -0.381. The molecule has 0 saturated carbocycles. The molecule has 1 N–H and O–H groups in total. The van der Waals surface area contributed by atoms with Crippen LogP contribution in [0.15, 0.2) is 12.3 Å². The van der Waals surface area contributed by atoms with E-state index in [-0.39, 0.29) is 12.6 Å². The summed E-state index contributed by atoms with van der Waals surface area (Å²) in [5, 5.41) is 8.50. The number of esters is 1. The number of hydrogen-bond donors (Lipinski definition) is 1. The summed E-state index contributed by atoms with van der Waals surface area (Å²) < 4.78 is 9.42. The largest absolute Gasteiger partial charge is 0.504 e. The second kappa shape index (κ2) is 10.1. The van der Waals surface area contributed by atoms with Gasteiger partial charge in [-0.1, -0.05) is 6.42 Å². The average molecular weight is 202 g/mol. The summed E-state index contributed by atoms with van der Waals surface area (Å²) in [6.07, 6.45) is 6.13. The first-order valence-corrected chi connectivity index (χ1v) is 4.78. The van der Waals surface area contributed by atoms with Crippen molar-refractivity contribution in [3.63, 3.8) is 0 Å². The molecule has 0 aromatic heterocycles. The molecule has 4 heteroatoms. The van der Waals surface area contributed by atoms with Crippen LogP contribution in [0, 0.1) is 0 Å². The Morgan fingerprint density at radius 3 is 2.64 bits per heavy atom. The number of unbranched alkanes of at least 4 members (excludes halogenated alkanes) is 3. The Hall–Kier alpha value is -1.03. The van der Waals surface area contributed by atoms with Crippen molar-refractivity contribution in [2.45, 2.75) is 25.7 Å². The van der Waals surface area contributed by atoms with Crippen LogP contribution in [0.1, 0.15) is 25.7 Å². The fourth-order valence-electron chi connectivity index (χ4n) is 0.912. The van der Waals surface area contributed by atoms with Crippen molar-refractivity contribution in [3.8, 4) is 0 Å². The van der Waals surface area contributed by atoms with Crippen molar-refractivity contribution < 1.29 is 19.4 Å². The van der Waals surface area contributed by atoms with E-state index in [1.165, 1.54) is 19.4 Å². The third-order valence-electron chi connectivity index (χ3n) is 1.64. The molecule has 14 heavy (non-hydrogen) atoms. The molecular weight excluding hydrogens is 184 g/mol. The van der Waals surface area contributed by atoms with Crippen LogP contribution in [0.4, 0.5) is 0 Å². The molecule has 0 spiro atoms. The maximum atomic E-state index is 10.9. The molecule has 0 amide bonds. The summed E-state index contributed by atoms with van der Waals surface area (Å²) in [7, 11) is 1.47. The first kappa shape index (κ1) is 13.0. The van der Waals surface area contributed by atoms with Gasteiger partial charge in [-0.05, 0) is 19.3 Å². The van der Waals surface area contributed by atoms with Crippen LogP contribution in [0.25, 0.3) is 0 Å². The zero-order valence-corrected chi connectivity index (χ0v) is 8.57. The molecule has 0 aliphatic heterocycles. The summed E-state index contributed by atoms with van der Waals surface area (Å²) >= 11 is 0. The van der Waals surface area contributed by atoms with E-state index in [4.69, 9.17) is 9.84 Å². The van der Waals surface area contributed by atoms with Gasteiger partial charge >= 0.3 is 5.97 Å². The van der Waals surface area contributed by atoms with E-state index in [9.17, 15) is 4.79 Å². The van der Waals surface area contributed by atoms with Gasteiger partial charge in [-0.2, -0.15) is 0 Å². The fraction of sp³-hybridized carbons (Fsp3) is 0.700. The third kappa shape index (κ3) is 9.06. The lowest BCUT2D eigenvalue weighted by Crippen LogP contribution is -2.02. The highest BCUT2D eigenvalue weighted by molar-refractivity contribution is 5.81. The molecule has 0 aliphatic carbocycles. The van der Waals surface area contributed by atoms with E-state index in [2.05, 4.69) is 4.74 Å². The van der Waals surface area contributed by atoms with Gasteiger partial charge in [-0.3, -0.25) is 0 Å². The maximum Gasteiger partial charge on any atom is 0.333 e. The number of hydrogen-bond acceptors (Lipinski definition) is 4. The molecule has 0 rings (SSSR count). The molecule has 0 unspecified atom stereocenters. The average Bonchev–Trinajstić information content (AvgIpc) is 2.20. The Bertz CT molecular complexity index is 166. The van der Waals surface area contributed by atoms with Gasteiger partial charge in [0.05, 0.1) is 26.1 Å². The predicted octanol–water partition coefficient (Wildman–Crippen LogP) is 1.24. The number of ether oxygens (including phenoxy) is 2. The van der Waals surface area contributed by atoms with Gasteiger partial charge in [0.15, 0.2) is 0 Å². The van der Waals surface area contributed by atoms with Gasteiger partial charge in [0.2, 0.25) is 0 Å². The van der Waals surface area contributed by atoms with Crippen LogP contribution in [0.5, 0.6) is 0 Å². The monoisotopic (exact) mass is 202 g/mol. The highest BCUT2D eigenvalue weighted by Gasteiger charge is 1.96. The van der Waals surface area contributed by atoms with E-state index < -0.39 is 0 Å². The lowest BCUT2D eigenvalue weighted by Gasteiger charge is -2.01. The summed E-state index contributed by atoms with van der Waals surface area (Å²) in [4.78, 5) is 10.9. The molecule has 0 bridgehead atoms. The predicted molar refractivity (Wildman–Crippen MR) is 52.7 cm³/mol. The van der Waals surface area contributed by atoms with Gasteiger partial charge < -0.3 is 14.6 Å². The topological polar surface area (TPSA) is 55.8 Å². The number of rotatable bonds is 8. The summed E-state index contributed by atoms with van der Waals surface area (Å²) in [5.41, 5.74) is 0. The van der Waals surface area contributed by atoms with Crippen molar-refractivity contribution in [2.24, 2.45) is 0 Å². The quantitative estimate of drug-likeness (QED) is 0.278. The number of methoxy groups -OCH3 is 1. The second-order valence-electron chi connectivity index (χ2n) is 2.84. The first-order chi connectivity index (χ1) is 6.81. The lowest BCUT2D eigenvalue weighted by atomic mass is 10.2. The summed E-state index contributed by atoms with van der Waals surface area (Å²) in [6.45, 7) is 0.661. The van der Waals surface area contributed by atoms with Crippen LogP contribution in [-0.4, -0.2) is 31.4 Å². The molecule has 4 nitrogen and oxygen atoms in total. The van der Waals surface area contributed by atoms with Gasteiger partial charge in [-0.15, -0.1) is 0 Å². The van der Waals surface area contributed by atoms with Crippen molar-refractivity contribution >= 4 is 5.97 Å². The van der Waals surface area contributed by atoms with Gasteiger partial charge in [-0.25, -0.2) is 4.79 Å². The zero-order chi connectivity index (χ0) is 10.6. The molecule has 0 saturated heterocycles. The Balaban J connectivity index is 3.19. The zero-order valence-electron chi connectivity index (χ0n) is 8.57. The number of carbonyl (C=O) groups excluding carboxylic acids is 1. The van der Waals surface area contributed by atoms with Crippen LogP contribution < -0.4 is 0 Å². The summed E-state index contributed by atoms with van der Waals surface area (Å²) in [6, 6.07) is 0. The van der Waals surface area contributed by atoms with Crippen LogP contribution in [0.2, 0.25) is 0 Å². The lowest BCUT2D eigenvalue weighted by molar-refractivity contribution is -0.138. The Labute approximate surface area is 84.5 Å². The van der Waals surface area contributed by atoms with Gasteiger partial charge in [0.1, 0.15) is 0 Å². The highest BCUT2D eigenvalue weighted by atomic mass is 16.5. The van der Waals surface area contributed by atoms with Crippen molar-refractivity contribution in [1.29, 1.82) is 0 Å². The van der Waals surface area contributed by atoms with Gasteiger partial charge in [0, 0.05) is 6.61 Å². The van der Waals surface area contributed by atoms with Crippen molar-refractivity contribution in [2.75, 3.05) is 20.3 Å². The minimum absolute atomic E-state index is 0.233. The molecule has 0 fully saturated rings. The van der Waals surface area contributed by atoms with Crippen LogP contribution in [-0.2, 0) is 14.3 Å². The molecular formula is C10H18O4. The first-order valence-electron chi connectivity index (χ1n) is 4.78.